The Balaban J connectivity index is 1.60. The molecular weight excluding hydrogens is 340 g/mol. The Morgan fingerprint density at radius 1 is 1.22 bits per heavy atom. The zero-order valence-electron chi connectivity index (χ0n) is 16.7. The van der Waals surface area contributed by atoms with E-state index in [9.17, 15) is 4.79 Å². The maximum atomic E-state index is 13.0. The molecule has 0 unspecified atom stereocenters. The van der Waals surface area contributed by atoms with E-state index in [-0.39, 0.29) is 5.91 Å². The Labute approximate surface area is 163 Å². The maximum Gasteiger partial charge on any atom is 0.222 e. The summed E-state index contributed by atoms with van der Waals surface area (Å²) < 4.78 is 10.9. The van der Waals surface area contributed by atoms with Gasteiger partial charge in [0.25, 0.3) is 0 Å². The summed E-state index contributed by atoms with van der Waals surface area (Å²) in [6, 6.07) is 8.02. The highest BCUT2D eigenvalue weighted by atomic mass is 16.5. The van der Waals surface area contributed by atoms with Crippen LogP contribution in [0.15, 0.2) is 24.3 Å². The van der Waals surface area contributed by atoms with E-state index in [2.05, 4.69) is 11.0 Å². The van der Waals surface area contributed by atoms with Crippen molar-refractivity contribution < 1.29 is 14.3 Å². The van der Waals surface area contributed by atoms with E-state index in [4.69, 9.17) is 9.47 Å². The summed E-state index contributed by atoms with van der Waals surface area (Å²) in [5.41, 5.74) is 1.08. The van der Waals surface area contributed by atoms with Crippen molar-refractivity contribution in [2.45, 2.75) is 45.1 Å². The third kappa shape index (κ3) is 6.22. The van der Waals surface area contributed by atoms with Crippen LogP contribution in [-0.4, -0.2) is 62.2 Å². The summed E-state index contributed by atoms with van der Waals surface area (Å²) in [7, 11) is 1.69. The number of amides is 1. The second kappa shape index (κ2) is 10.7. The third-order valence-corrected chi connectivity index (χ3v) is 5.94. The quantitative estimate of drug-likeness (QED) is 0.665. The van der Waals surface area contributed by atoms with Gasteiger partial charge in [-0.2, -0.15) is 0 Å². The minimum Gasteiger partial charge on any atom is -0.496 e. The molecule has 0 aromatic heterocycles. The third-order valence-electron chi connectivity index (χ3n) is 5.94. The highest BCUT2D eigenvalue weighted by Gasteiger charge is 2.21. The van der Waals surface area contributed by atoms with Gasteiger partial charge in [0, 0.05) is 44.7 Å². The number of ether oxygens (including phenoxy) is 2. The lowest BCUT2D eigenvalue weighted by Gasteiger charge is -2.30. The first-order chi connectivity index (χ1) is 13.3. The van der Waals surface area contributed by atoms with Crippen molar-refractivity contribution in [3.05, 3.63) is 29.8 Å². The molecule has 1 saturated carbocycles. The van der Waals surface area contributed by atoms with Gasteiger partial charge in [0.15, 0.2) is 0 Å². The summed E-state index contributed by atoms with van der Waals surface area (Å²) in [6.07, 6.45) is 6.98. The second-order valence-corrected chi connectivity index (χ2v) is 7.77. The molecule has 1 aliphatic carbocycles. The number of morpholine rings is 1. The number of methoxy groups -OCH3 is 1. The summed E-state index contributed by atoms with van der Waals surface area (Å²) in [6.45, 7) is 5.80. The van der Waals surface area contributed by atoms with E-state index >= 15 is 0 Å². The molecule has 5 heteroatoms. The number of nitrogens with zero attached hydrogens (tertiary/aromatic N) is 2. The zero-order valence-corrected chi connectivity index (χ0v) is 16.7. The van der Waals surface area contributed by atoms with Crippen LogP contribution in [0.4, 0.5) is 0 Å². The van der Waals surface area contributed by atoms with Gasteiger partial charge >= 0.3 is 0 Å². The number of hydrogen-bond donors (Lipinski definition) is 0. The van der Waals surface area contributed by atoms with Crippen LogP contribution >= 0.6 is 0 Å². The first-order valence-electron chi connectivity index (χ1n) is 10.5. The number of carbonyl (C=O) groups is 1. The van der Waals surface area contributed by atoms with Gasteiger partial charge < -0.3 is 14.4 Å². The van der Waals surface area contributed by atoms with Crippen LogP contribution in [0.5, 0.6) is 5.75 Å². The number of benzene rings is 1. The molecule has 2 fully saturated rings. The molecule has 5 nitrogen and oxygen atoms in total. The number of hydrogen-bond acceptors (Lipinski definition) is 4. The minimum atomic E-state index is 0.279. The average molecular weight is 375 g/mol. The molecule has 1 saturated heterocycles. The van der Waals surface area contributed by atoms with E-state index in [0.717, 1.165) is 63.0 Å². The molecule has 1 aromatic rings. The Kier molecular flexibility index (Phi) is 7.96. The van der Waals surface area contributed by atoms with Crippen molar-refractivity contribution in [2.75, 3.05) is 46.5 Å². The smallest absolute Gasteiger partial charge is 0.222 e. The monoisotopic (exact) mass is 374 g/mol. The average Bonchev–Trinajstić information content (AvgIpc) is 3.24. The molecule has 1 amide bonds. The Bertz CT molecular complexity index is 581. The van der Waals surface area contributed by atoms with Crippen molar-refractivity contribution in [1.82, 2.24) is 9.80 Å². The lowest BCUT2D eigenvalue weighted by molar-refractivity contribution is -0.132. The van der Waals surface area contributed by atoms with Gasteiger partial charge in [-0.3, -0.25) is 9.69 Å². The molecule has 0 atom stereocenters. The predicted molar refractivity (Wildman–Crippen MR) is 107 cm³/mol. The zero-order chi connectivity index (χ0) is 18.9. The molecule has 150 valence electrons. The summed E-state index contributed by atoms with van der Waals surface area (Å²) in [5.74, 6) is 1.89. The molecule has 0 radical (unpaired) electrons. The SMILES string of the molecule is COc1ccccc1CN(CCN1CCOCC1)C(=O)CCC1CCCC1. The van der Waals surface area contributed by atoms with E-state index in [1.807, 2.05) is 23.1 Å². The minimum absolute atomic E-state index is 0.279. The van der Waals surface area contributed by atoms with Crippen LogP contribution in [0.2, 0.25) is 0 Å². The van der Waals surface area contributed by atoms with Gasteiger partial charge in [0.05, 0.1) is 20.3 Å². The topological polar surface area (TPSA) is 42.0 Å². The van der Waals surface area contributed by atoms with Crippen molar-refractivity contribution in [3.63, 3.8) is 0 Å². The van der Waals surface area contributed by atoms with Crippen LogP contribution in [0.3, 0.4) is 0 Å². The van der Waals surface area contributed by atoms with Crippen molar-refractivity contribution in [1.29, 1.82) is 0 Å². The van der Waals surface area contributed by atoms with E-state index < -0.39 is 0 Å². The Morgan fingerprint density at radius 2 is 1.96 bits per heavy atom. The largest absolute Gasteiger partial charge is 0.496 e. The summed E-state index contributed by atoms with van der Waals surface area (Å²) in [5, 5.41) is 0. The molecule has 2 aliphatic rings. The molecule has 0 spiro atoms. The molecule has 1 heterocycles. The number of rotatable bonds is 9. The van der Waals surface area contributed by atoms with Crippen LogP contribution in [0, 0.1) is 5.92 Å². The van der Waals surface area contributed by atoms with E-state index in [1.165, 1.54) is 25.7 Å². The Morgan fingerprint density at radius 3 is 2.70 bits per heavy atom. The fourth-order valence-electron chi connectivity index (χ4n) is 4.20. The van der Waals surface area contributed by atoms with E-state index in [0.29, 0.717) is 13.0 Å². The van der Waals surface area contributed by atoms with Crippen LogP contribution < -0.4 is 4.74 Å². The second-order valence-electron chi connectivity index (χ2n) is 7.77. The highest BCUT2D eigenvalue weighted by Crippen LogP contribution is 2.29. The lowest BCUT2D eigenvalue weighted by atomic mass is 10.0. The lowest BCUT2D eigenvalue weighted by Crippen LogP contribution is -2.43. The molecule has 1 aliphatic heterocycles. The highest BCUT2D eigenvalue weighted by molar-refractivity contribution is 5.76. The van der Waals surface area contributed by atoms with Gasteiger partial charge in [0.1, 0.15) is 5.75 Å². The van der Waals surface area contributed by atoms with E-state index in [1.54, 1.807) is 7.11 Å². The molecule has 27 heavy (non-hydrogen) atoms. The van der Waals surface area contributed by atoms with Crippen molar-refractivity contribution in [2.24, 2.45) is 5.92 Å². The molecule has 0 N–H and O–H groups in total. The number of carbonyl (C=O) groups excluding carboxylic acids is 1. The van der Waals surface area contributed by atoms with Crippen LogP contribution in [-0.2, 0) is 16.1 Å². The molecule has 3 rings (SSSR count). The van der Waals surface area contributed by atoms with Gasteiger partial charge in [-0.15, -0.1) is 0 Å². The van der Waals surface area contributed by atoms with Gasteiger partial charge in [0.2, 0.25) is 5.91 Å². The molecule has 1 aromatic carbocycles. The number of para-hydroxylation sites is 1. The fourth-order valence-corrected chi connectivity index (χ4v) is 4.20. The standard InChI is InChI=1S/C22H34N2O3/c1-26-21-9-5-4-8-20(21)18-24(13-12-23-14-16-27-17-15-23)22(25)11-10-19-6-2-3-7-19/h4-5,8-9,19H,2-3,6-7,10-18H2,1H3. The molecule has 0 bridgehead atoms. The van der Waals surface area contributed by atoms with Gasteiger partial charge in [-0.1, -0.05) is 43.9 Å². The van der Waals surface area contributed by atoms with Crippen molar-refractivity contribution >= 4 is 5.91 Å². The fraction of sp³-hybridized carbons (Fsp3) is 0.682. The summed E-state index contributed by atoms with van der Waals surface area (Å²) >= 11 is 0. The van der Waals surface area contributed by atoms with Crippen LogP contribution in [0.1, 0.15) is 44.1 Å². The summed E-state index contributed by atoms with van der Waals surface area (Å²) in [4.78, 5) is 17.4. The Hall–Kier alpha value is -1.59. The van der Waals surface area contributed by atoms with Crippen LogP contribution in [0.25, 0.3) is 0 Å². The van der Waals surface area contributed by atoms with Gasteiger partial charge in [-0.25, -0.2) is 0 Å². The maximum absolute atomic E-state index is 13.0. The molecular formula is C22H34N2O3. The normalized spacial score (nSPS) is 18.6. The first-order valence-corrected chi connectivity index (χ1v) is 10.5. The van der Waals surface area contributed by atoms with Gasteiger partial charge in [-0.05, 0) is 18.4 Å². The van der Waals surface area contributed by atoms with Crippen molar-refractivity contribution in [3.8, 4) is 5.75 Å². The predicted octanol–water partition coefficient (Wildman–Crippen LogP) is 3.33. The first kappa shape index (κ1) is 20.2.